The van der Waals surface area contributed by atoms with Crippen molar-refractivity contribution in [3.63, 3.8) is 0 Å². The summed E-state index contributed by atoms with van der Waals surface area (Å²) in [6, 6.07) is 7.63. The summed E-state index contributed by atoms with van der Waals surface area (Å²) in [7, 11) is 0. The number of rotatable bonds is 10. The number of amides is 1. The SMILES string of the molecule is CC(C)(C)OC(=O)N1C[C@@H](CCc2c(F)cncc2CC(=O)[C@@H](N=[N+]=[N-])[C@@H](c2ccc(Cl)cc2)c2cc(F)cc(F)c2)OC2(CCOCC2)C1. The van der Waals surface area contributed by atoms with E-state index in [0.29, 0.717) is 55.7 Å². The standard InChI is InChI=1S/C36H39ClF3N5O5/c1-35(2,3)50-34(47)45-20-28(49-36(21-45)10-12-48-13-11-36)8-9-29-24(18-42-19-30(29)40)16-31(46)33(43-44-41)32(22-4-6-25(37)7-5-22)23-14-26(38)17-27(39)15-23/h4-7,14-15,17-19,28,32-33H,8-13,16,20-21H2,1-3H3/t28-,32+,33-/m1/s1. The van der Waals surface area contributed by atoms with Gasteiger partial charge in [-0.2, -0.15) is 0 Å². The Bertz CT molecular complexity index is 1720. The Labute approximate surface area is 293 Å². The monoisotopic (exact) mass is 713 g/mol. The van der Waals surface area contributed by atoms with Crippen molar-refractivity contribution in [3.05, 3.63) is 110 Å². The molecule has 1 amide bonds. The molecule has 0 saturated carbocycles. The molecule has 2 fully saturated rings. The van der Waals surface area contributed by atoms with Gasteiger partial charge in [0.2, 0.25) is 0 Å². The number of nitrogens with zero attached hydrogens (tertiary/aromatic N) is 5. The molecule has 1 aromatic heterocycles. The Kier molecular flexibility index (Phi) is 11.7. The molecule has 2 aliphatic rings. The molecule has 2 aromatic carbocycles. The molecule has 0 bridgehead atoms. The van der Waals surface area contributed by atoms with Gasteiger partial charge >= 0.3 is 6.09 Å². The van der Waals surface area contributed by atoms with Crippen molar-refractivity contribution in [1.82, 2.24) is 9.88 Å². The van der Waals surface area contributed by atoms with Crippen LogP contribution >= 0.6 is 11.6 Å². The van der Waals surface area contributed by atoms with Gasteiger partial charge in [-0.1, -0.05) is 28.8 Å². The quantitative estimate of drug-likeness (QED) is 0.119. The highest BCUT2D eigenvalue weighted by atomic mass is 35.5. The fourth-order valence-corrected chi connectivity index (χ4v) is 6.73. The van der Waals surface area contributed by atoms with Gasteiger partial charge in [0.05, 0.1) is 31.0 Å². The molecule has 2 aliphatic heterocycles. The number of ether oxygens (including phenoxy) is 3. The zero-order valence-electron chi connectivity index (χ0n) is 28.1. The van der Waals surface area contributed by atoms with Gasteiger partial charge in [-0.05, 0) is 85.7 Å². The Balaban J connectivity index is 1.40. The van der Waals surface area contributed by atoms with Crippen molar-refractivity contribution in [2.24, 2.45) is 5.11 Å². The fourth-order valence-electron chi connectivity index (χ4n) is 6.61. The first kappa shape index (κ1) is 37.1. The molecule has 3 heterocycles. The van der Waals surface area contributed by atoms with Gasteiger partial charge in [0.1, 0.15) is 34.9 Å². The lowest BCUT2D eigenvalue weighted by molar-refractivity contribution is -0.186. The normalized spacial score (nSPS) is 18.6. The number of pyridine rings is 1. The average molecular weight is 714 g/mol. The number of halogens is 4. The molecule has 0 unspecified atom stereocenters. The van der Waals surface area contributed by atoms with Crippen molar-refractivity contribution in [2.75, 3.05) is 26.3 Å². The topological polar surface area (TPSA) is 127 Å². The highest BCUT2D eigenvalue weighted by Crippen LogP contribution is 2.36. The third-order valence-corrected chi connectivity index (χ3v) is 9.10. The van der Waals surface area contributed by atoms with Crippen LogP contribution < -0.4 is 0 Å². The van der Waals surface area contributed by atoms with Crippen molar-refractivity contribution in [2.45, 2.75) is 82.1 Å². The van der Waals surface area contributed by atoms with Gasteiger partial charge in [0.15, 0.2) is 0 Å². The van der Waals surface area contributed by atoms with Crippen LogP contribution in [0.25, 0.3) is 10.4 Å². The number of ketones is 1. The van der Waals surface area contributed by atoms with E-state index in [-0.39, 0.29) is 36.1 Å². The third kappa shape index (κ3) is 9.33. The molecule has 14 heteroatoms. The van der Waals surface area contributed by atoms with E-state index in [2.05, 4.69) is 15.0 Å². The van der Waals surface area contributed by atoms with Crippen LogP contribution in [0, 0.1) is 17.5 Å². The molecule has 5 rings (SSSR count). The van der Waals surface area contributed by atoms with E-state index in [1.54, 1.807) is 49.9 Å². The maximum Gasteiger partial charge on any atom is 0.410 e. The van der Waals surface area contributed by atoms with E-state index in [9.17, 15) is 23.9 Å². The highest BCUT2D eigenvalue weighted by molar-refractivity contribution is 6.30. The summed E-state index contributed by atoms with van der Waals surface area (Å²) < 4.78 is 62.1. The minimum absolute atomic E-state index is 0.0687. The molecule has 3 atom stereocenters. The van der Waals surface area contributed by atoms with Gasteiger partial charge in [0, 0.05) is 60.6 Å². The second-order valence-electron chi connectivity index (χ2n) is 13.7. The Morgan fingerprint density at radius 3 is 2.42 bits per heavy atom. The van der Waals surface area contributed by atoms with Crippen LogP contribution in [0.1, 0.15) is 68.2 Å². The van der Waals surface area contributed by atoms with Crippen LogP contribution in [0.15, 0.2) is 60.0 Å². The molecule has 50 heavy (non-hydrogen) atoms. The van der Waals surface area contributed by atoms with Crippen LogP contribution in [0.4, 0.5) is 18.0 Å². The lowest BCUT2D eigenvalue weighted by atomic mass is 9.82. The van der Waals surface area contributed by atoms with Crippen LogP contribution in [0.2, 0.25) is 5.02 Å². The van der Waals surface area contributed by atoms with E-state index in [4.69, 9.17) is 25.8 Å². The number of benzene rings is 2. The van der Waals surface area contributed by atoms with Gasteiger partial charge in [-0.3, -0.25) is 9.78 Å². The van der Waals surface area contributed by atoms with Crippen molar-refractivity contribution < 1.29 is 37.0 Å². The van der Waals surface area contributed by atoms with Crippen LogP contribution in [-0.4, -0.2) is 71.4 Å². The Morgan fingerprint density at radius 2 is 1.78 bits per heavy atom. The number of carbonyl (C=O) groups excluding carboxylic acids is 2. The first-order valence-corrected chi connectivity index (χ1v) is 16.8. The van der Waals surface area contributed by atoms with Gasteiger partial charge in [-0.15, -0.1) is 0 Å². The van der Waals surface area contributed by atoms with Crippen LogP contribution in [0.5, 0.6) is 0 Å². The number of morpholine rings is 1. The fraction of sp³-hybridized carbons (Fsp3) is 0.472. The number of hydrogen-bond acceptors (Lipinski definition) is 7. The first-order chi connectivity index (χ1) is 23.8. The molecule has 0 radical (unpaired) electrons. The van der Waals surface area contributed by atoms with Gasteiger partial charge in [-0.25, -0.2) is 18.0 Å². The van der Waals surface area contributed by atoms with Crippen molar-refractivity contribution >= 4 is 23.5 Å². The van der Waals surface area contributed by atoms with E-state index in [1.807, 2.05) is 0 Å². The number of Topliss-reactive ketones (excluding diaryl/α,β-unsaturated/α-hetero) is 1. The summed E-state index contributed by atoms with van der Waals surface area (Å²) in [4.78, 5) is 35.6. The zero-order chi connectivity index (χ0) is 36.1. The lowest BCUT2D eigenvalue weighted by Crippen LogP contribution is -2.59. The summed E-state index contributed by atoms with van der Waals surface area (Å²) in [5.74, 6) is -4.10. The largest absolute Gasteiger partial charge is 0.444 e. The predicted octanol–water partition coefficient (Wildman–Crippen LogP) is 7.89. The zero-order valence-corrected chi connectivity index (χ0v) is 28.8. The average Bonchev–Trinajstić information content (AvgIpc) is 3.04. The van der Waals surface area contributed by atoms with E-state index < -0.39 is 58.6 Å². The third-order valence-electron chi connectivity index (χ3n) is 8.85. The smallest absolute Gasteiger partial charge is 0.410 e. The number of azide groups is 1. The summed E-state index contributed by atoms with van der Waals surface area (Å²) in [5.41, 5.74) is 9.14. The minimum Gasteiger partial charge on any atom is -0.444 e. The molecule has 10 nitrogen and oxygen atoms in total. The first-order valence-electron chi connectivity index (χ1n) is 16.4. The van der Waals surface area contributed by atoms with Crippen LogP contribution in [-0.2, 0) is 31.8 Å². The number of aromatic nitrogens is 1. The molecular weight excluding hydrogens is 675 g/mol. The molecule has 3 aromatic rings. The summed E-state index contributed by atoms with van der Waals surface area (Å²) in [6.45, 7) is 6.91. The Morgan fingerprint density at radius 1 is 1.10 bits per heavy atom. The van der Waals surface area contributed by atoms with Gasteiger partial charge in [0.25, 0.3) is 0 Å². The summed E-state index contributed by atoms with van der Waals surface area (Å²) >= 11 is 6.08. The van der Waals surface area contributed by atoms with E-state index in [0.717, 1.165) is 18.3 Å². The second kappa shape index (κ2) is 15.8. The molecular formula is C36H39ClF3N5O5. The molecule has 2 saturated heterocycles. The molecule has 0 N–H and O–H groups in total. The van der Waals surface area contributed by atoms with E-state index in [1.165, 1.54) is 6.20 Å². The van der Waals surface area contributed by atoms with Crippen LogP contribution in [0.3, 0.4) is 0 Å². The molecule has 1 spiro atoms. The Hall–Kier alpha value is -4.16. The molecule has 266 valence electrons. The van der Waals surface area contributed by atoms with Gasteiger partial charge < -0.3 is 19.1 Å². The van der Waals surface area contributed by atoms with Crippen molar-refractivity contribution in [1.29, 1.82) is 0 Å². The maximum atomic E-state index is 15.5. The highest BCUT2D eigenvalue weighted by Gasteiger charge is 2.44. The molecule has 0 aliphatic carbocycles. The summed E-state index contributed by atoms with van der Waals surface area (Å²) in [5, 5.41) is 4.17. The number of hydrogen-bond donors (Lipinski definition) is 0. The summed E-state index contributed by atoms with van der Waals surface area (Å²) in [6.07, 6.45) is 2.70. The van der Waals surface area contributed by atoms with Crippen molar-refractivity contribution in [3.8, 4) is 0 Å². The predicted molar refractivity (Wildman–Crippen MR) is 179 cm³/mol. The number of carbonyl (C=O) groups is 2. The maximum absolute atomic E-state index is 15.5. The minimum atomic E-state index is -1.46. The second-order valence-corrected chi connectivity index (χ2v) is 14.2. The van der Waals surface area contributed by atoms with E-state index >= 15 is 4.39 Å². The lowest BCUT2D eigenvalue weighted by Gasteiger charge is -2.48.